The molecule has 0 atom stereocenters. The van der Waals surface area contributed by atoms with Crippen molar-refractivity contribution in [2.24, 2.45) is 0 Å². The van der Waals surface area contributed by atoms with Gasteiger partial charge in [-0.2, -0.15) is 0 Å². The standard InChI is InChI=1S/C40H27NO/c1-3-10-28(11-4-1)30-18-21-33(22-19-30)41(34-16-9-15-32(26-34)29-12-5-2-6-13-29)35-23-25-38-37(27-35)40-36-17-8-7-14-31(36)20-24-39(40)42-38/h1-27H. The number of rotatable bonds is 5. The fraction of sp³-hybridized carbons (Fsp3) is 0. The lowest BCUT2D eigenvalue weighted by Crippen LogP contribution is -2.10. The highest BCUT2D eigenvalue weighted by atomic mass is 16.3. The number of fused-ring (bicyclic) bond motifs is 5. The molecule has 1 aromatic heterocycles. The van der Waals surface area contributed by atoms with E-state index in [0.29, 0.717) is 0 Å². The molecule has 8 aromatic rings. The molecule has 0 amide bonds. The molecule has 0 aliphatic heterocycles. The number of nitrogens with zero attached hydrogens (tertiary/aromatic N) is 1. The predicted octanol–water partition coefficient (Wildman–Crippen LogP) is 11.5. The lowest BCUT2D eigenvalue weighted by atomic mass is 10.0. The van der Waals surface area contributed by atoms with Crippen molar-refractivity contribution in [3.05, 3.63) is 164 Å². The molecule has 0 fully saturated rings. The van der Waals surface area contributed by atoms with Gasteiger partial charge in [0, 0.05) is 27.8 Å². The number of anilines is 3. The summed E-state index contributed by atoms with van der Waals surface area (Å²) in [4.78, 5) is 2.34. The molecule has 2 heteroatoms. The second-order valence-electron chi connectivity index (χ2n) is 10.6. The van der Waals surface area contributed by atoms with Gasteiger partial charge in [-0.25, -0.2) is 0 Å². The third-order valence-corrected chi connectivity index (χ3v) is 8.05. The normalized spacial score (nSPS) is 11.3. The topological polar surface area (TPSA) is 16.4 Å². The average Bonchev–Trinajstić information content (AvgIpc) is 3.45. The van der Waals surface area contributed by atoms with Gasteiger partial charge in [0.2, 0.25) is 0 Å². The van der Waals surface area contributed by atoms with E-state index in [4.69, 9.17) is 4.42 Å². The maximum Gasteiger partial charge on any atom is 0.136 e. The Morgan fingerprint density at radius 1 is 0.357 bits per heavy atom. The summed E-state index contributed by atoms with van der Waals surface area (Å²) in [5.74, 6) is 0. The molecule has 42 heavy (non-hydrogen) atoms. The Morgan fingerprint density at radius 2 is 0.952 bits per heavy atom. The van der Waals surface area contributed by atoms with E-state index in [1.165, 1.54) is 33.0 Å². The molecule has 0 aliphatic rings. The van der Waals surface area contributed by atoms with E-state index in [1.807, 2.05) is 0 Å². The number of benzene rings is 7. The third kappa shape index (κ3) is 4.22. The monoisotopic (exact) mass is 537 g/mol. The fourth-order valence-corrected chi connectivity index (χ4v) is 6.01. The zero-order chi connectivity index (χ0) is 27.9. The van der Waals surface area contributed by atoms with Crippen molar-refractivity contribution in [3.63, 3.8) is 0 Å². The van der Waals surface area contributed by atoms with Gasteiger partial charge in [-0.1, -0.05) is 115 Å². The van der Waals surface area contributed by atoms with Crippen molar-refractivity contribution >= 4 is 49.8 Å². The van der Waals surface area contributed by atoms with Gasteiger partial charge < -0.3 is 9.32 Å². The zero-order valence-electron chi connectivity index (χ0n) is 22.9. The largest absolute Gasteiger partial charge is 0.456 e. The maximum atomic E-state index is 6.33. The fourth-order valence-electron chi connectivity index (χ4n) is 6.01. The first kappa shape index (κ1) is 24.2. The third-order valence-electron chi connectivity index (χ3n) is 8.05. The number of hydrogen-bond acceptors (Lipinski definition) is 2. The van der Waals surface area contributed by atoms with Crippen molar-refractivity contribution in [1.29, 1.82) is 0 Å². The zero-order valence-corrected chi connectivity index (χ0v) is 22.9. The van der Waals surface area contributed by atoms with Crippen LogP contribution in [0, 0.1) is 0 Å². The molecule has 0 saturated carbocycles. The summed E-state index contributed by atoms with van der Waals surface area (Å²) < 4.78 is 6.33. The van der Waals surface area contributed by atoms with Crippen LogP contribution in [0.4, 0.5) is 17.1 Å². The summed E-state index contributed by atoms with van der Waals surface area (Å²) in [5, 5.41) is 4.68. The molecular formula is C40H27NO. The van der Waals surface area contributed by atoms with Crippen LogP contribution in [-0.2, 0) is 0 Å². The van der Waals surface area contributed by atoms with Gasteiger partial charge in [0.15, 0.2) is 0 Å². The first-order valence-corrected chi connectivity index (χ1v) is 14.3. The van der Waals surface area contributed by atoms with Crippen LogP contribution in [0.3, 0.4) is 0 Å². The van der Waals surface area contributed by atoms with Crippen LogP contribution in [0.1, 0.15) is 0 Å². The van der Waals surface area contributed by atoms with E-state index in [1.54, 1.807) is 0 Å². The predicted molar refractivity (Wildman–Crippen MR) is 177 cm³/mol. The Morgan fingerprint density at radius 3 is 1.74 bits per heavy atom. The van der Waals surface area contributed by atoms with Gasteiger partial charge >= 0.3 is 0 Å². The quantitative estimate of drug-likeness (QED) is 0.217. The van der Waals surface area contributed by atoms with Gasteiger partial charge in [-0.15, -0.1) is 0 Å². The van der Waals surface area contributed by atoms with Crippen LogP contribution in [0.15, 0.2) is 168 Å². The second-order valence-corrected chi connectivity index (χ2v) is 10.6. The van der Waals surface area contributed by atoms with Crippen LogP contribution < -0.4 is 4.90 Å². The van der Waals surface area contributed by atoms with Gasteiger partial charge in [0.25, 0.3) is 0 Å². The minimum Gasteiger partial charge on any atom is -0.456 e. The van der Waals surface area contributed by atoms with Crippen molar-refractivity contribution < 1.29 is 4.42 Å². The molecule has 0 unspecified atom stereocenters. The Bertz CT molecular complexity index is 2180. The highest BCUT2D eigenvalue weighted by Gasteiger charge is 2.17. The van der Waals surface area contributed by atoms with Gasteiger partial charge in [-0.3, -0.25) is 0 Å². The molecule has 0 aliphatic carbocycles. The van der Waals surface area contributed by atoms with E-state index < -0.39 is 0 Å². The Hall–Kier alpha value is -5.60. The van der Waals surface area contributed by atoms with Gasteiger partial charge in [-0.05, 0) is 81.6 Å². The molecule has 0 N–H and O–H groups in total. The van der Waals surface area contributed by atoms with Crippen molar-refractivity contribution in [2.45, 2.75) is 0 Å². The first-order valence-electron chi connectivity index (χ1n) is 14.3. The average molecular weight is 538 g/mol. The second kappa shape index (κ2) is 10.1. The summed E-state index contributed by atoms with van der Waals surface area (Å²) in [5.41, 5.74) is 9.85. The summed E-state index contributed by atoms with van der Waals surface area (Å²) >= 11 is 0. The van der Waals surface area contributed by atoms with Gasteiger partial charge in [0.1, 0.15) is 11.2 Å². The molecule has 0 radical (unpaired) electrons. The number of furan rings is 1. The van der Waals surface area contributed by atoms with Crippen molar-refractivity contribution in [3.8, 4) is 22.3 Å². The minimum atomic E-state index is 0.891. The summed E-state index contributed by atoms with van der Waals surface area (Å²) in [6, 6.07) is 58.0. The lowest BCUT2D eigenvalue weighted by molar-refractivity contribution is 0.669. The smallest absolute Gasteiger partial charge is 0.136 e. The highest BCUT2D eigenvalue weighted by molar-refractivity contribution is 6.19. The van der Waals surface area contributed by atoms with Crippen LogP contribution in [0.5, 0.6) is 0 Å². The van der Waals surface area contributed by atoms with Crippen LogP contribution in [0.25, 0.3) is 55.0 Å². The Kier molecular flexibility index (Phi) is 5.82. The van der Waals surface area contributed by atoms with Crippen LogP contribution >= 0.6 is 0 Å². The minimum absolute atomic E-state index is 0.891. The Labute approximate surface area is 244 Å². The van der Waals surface area contributed by atoms with E-state index in [2.05, 4.69) is 169 Å². The van der Waals surface area contributed by atoms with Crippen LogP contribution in [0.2, 0.25) is 0 Å². The molecule has 198 valence electrons. The Balaban J connectivity index is 1.32. The molecule has 1 heterocycles. The molecule has 7 aromatic carbocycles. The highest BCUT2D eigenvalue weighted by Crippen LogP contribution is 2.41. The molecule has 8 rings (SSSR count). The van der Waals surface area contributed by atoms with Crippen molar-refractivity contribution in [1.82, 2.24) is 0 Å². The summed E-state index contributed by atoms with van der Waals surface area (Å²) in [6.45, 7) is 0. The van der Waals surface area contributed by atoms with Gasteiger partial charge in [0.05, 0.1) is 0 Å². The molecule has 0 spiro atoms. The SMILES string of the molecule is c1ccc(-c2ccc(N(c3cccc(-c4ccccc4)c3)c3ccc4oc5ccc6ccccc6c5c4c3)cc2)cc1. The molecule has 2 nitrogen and oxygen atoms in total. The van der Waals surface area contributed by atoms with E-state index in [0.717, 1.165) is 39.0 Å². The summed E-state index contributed by atoms with van der Waals surface area (Å²) in [7, 11) is 0. The molecular weight excluding hydrogens is 510 g/mol. The van der Waals surface area contributed by atoms with E-state index in [-0.39, 0.29) is 0 Å². The van der Waals surface area contributed by atoms with E-state index in [9.17, 15) is 0 Å². The van der Waals surface area contributed by atoms with Crippen LogP contribution in [-0.4, -0.2) is 0 Å². The first-order chi connectivity index (χ1) is 20.8. The summed E-state index contributed by atoms with van der Waals surface area (Å²) in [6.07, 6.45) is 0. The lowest BCUT2D eigenvalue weighted by Gasteiger charge is -2.26. The molecule has 0 bridgehead atoms. The van der Waals surface area contributed by atoms with E-state index >= 15 is 0 Å². The maximum absolute atomic E-state index is 6.33. The van der Waals surface area contributed by atoms with Crippen molar-refractivity contribution in [2.75, 3.05) is 4.90 Å². The molecule has 0 saturated heterocycles. The number of hydrogen-bond donors (Lipinski definition) is 0.